The Morgan fingerprint density at radius 2 is 1.77 bits per heavy atom. The summed E-state index contributed by atoms with van der Waals surface area (Å²) in [6, 6.07) is 7.25. The van der Waals surface area contributed by atoms with E-state index in [1.54, 1.807) is 4.68 Å². The van der Waals surface area contributed by atoms with Gasteiger partial charge < -0.3 is 15.5 Å². The molecule has 0 aliphatic heterocycles. The Morgan fingerprint density at radius 3 is 2.31 bits per heavy atom. The molecular weight excluding hydrogens is 330 g/mol. The number of hydrogen-bond acceptors (Lipinski definition) is 3. The third-order valence-corrected chi connectivity index (χ3v) is 4.66. The van der Waals surface area contributed by atoms with Gasteiger partial charge in [-0.25, -0.2) is 0 Å². The van der Waals surface area contributed by atoms with Crippen molar-refractivity contribution in [2.45, 2.75) is 33.7 Å². The molecule has 3 N–H and O–H groups in total. The maximum Gasteiger partial charge on any atom is 0.282 e. The lowest BCUT2D eigenvalue weighted by molar-refractivity contribution is -0.885. The SMILES string of the molecule is Cc1ccc(NC(=O)C[NH+](C)[C@@H](C)C(=O)Nc2c(C)nn(C)c2C)cc1. The van der Waals surface area contributed by atoms with Crippen LogP contribution >= 0.6 is 0 Å². The third-order valence-electron chi connectivity index (χ3n) is 4.66. The maximum absolute atomic E-state index is 12.5. The van der Waals surface area contributed by atoms with E-state index in [1.165, 1.54) is 0 Å². The highest BCUT2D eigenvalue weighted by atomic mass is 16.2. The molecule has 2 atom stereocenters. The van der Waals surface area contributed by atoms with Crippen molar-refractivity contribution < 1.29 is 14.5 Å². The highest BCUT2D eigenvalue weighted by molar-refractivity contribution is 5.95. The van der Waals surface area contributed by atoms with E-state index in [0.29, 0.717) is 0 Å². The number of benzene rings is 1. The average Bonchev–Trinajstić information content (AvgIpc) is 2.82. The van der Waals surface area contributed by atoms with Gasteiger partial charge in [0.1, 0.15) is 0 Å². The van der Waals surface area contributed by atoms with E-state index < -0.39 is 0 Å². The first-order chi connectivity index (χ1) is 12.2. The molecule has 1 aromatic heterocycles. The summed E-state index contributed by atoms with van der Waals surface area (Å²) in [5.41, 5.74) is 4.31. The molecule has 0 saturated heterocycles. The van der Waals surface area contributed by atoms with Gasteiger partial charge in [-0.1, -0.05) is 17.7 Å². The summed E-state index contributed by atoms with van der Waals surface area (Å²) >= 11 is 0. The molecule has 7 heteroatoms. The molecule has 0 spiro atoms. The van der Waals surface area contributed by atoms with Crippen molar-refractivity contribution in [1.29, 1.82) is 0 Å². The van der Waals surface area contributed by atoms with Gasteiger partial charge in [-0.15, -0.1) is 0 Å². The van der Waals surface area contributed by atoms with Gasteiger partial charge in [0.15, 0.2) is 12.6 Å². The summed E-state index contributed by atoms with van der Waals surface area (Å²) in [5.74, 6) is -0.260. The first kappa shape index (κ1) is 19.7. The fourth-order valence-corrected chi connectivity index (χ4v) is 2.66. The van der Waals surface area contributed by atoms with E-state index in [0.717, 1.165) is 33.2 Å². The number of aryl methyl sites for hydroxylation is 3. The normalized spacial score (nSPS) is 13.2. The van der Waals surface area contributed by atoms with Gasteiger partial charge in [-0.2, -0.15) is 5.10 Å². The van der Waals surface area contributed by atoms with Gasteiger partial charge in [0.05, 0.1) is 24.1 Å². The van der Waals surface area contributed by atoms with Crippen molar-refractivity contribution in [3.05, 3.63) is 41.2 Å². The Kier molecular flexibility index (Phi) is 6.15. The maximum atomic E-state index is 12.5. The lowest BCUT2D eigenvalue weighted by Gasteiger charge is -2.20. The predicted octanol–water partition coefficient (Wildman–Crippen LogP) is 0.826. The van der Waals surface area contributed by atoms with Crippen molar-refractivity contribution in [2.75, 3.05) is 24.2 Å². The lowest BCUT2D eigenvalue weighted by atomic mass is 10.2. The zero-order chi connectivity index (χ0) is 19.4. The average molecular weight is 358 g/mol. The number of nitrogens with zero attached hydrogens (tertiary/aromatic N) is 2. The summed E-state index contributed by atoms with van der Waals surface area (Å²) in [6.45, 7) is 7.78. The van der Waals surface area contributed by atoms with Crippen molar-refractivity contribution >= 4 is 23.2 Å². The fraction of sp³-hybridized carbons (Fsp3) is 0.421. The number of carbonyl (C=O) groups excluding carboxylic acids is 2. The second kappa shape index (κ2) is 8.14. The molecule has 0 fully saturated rings. The minimum Gasteiger partial charge on any atom is -0.321 e. The van der Waals surface area contributed by atoms with E-state index in [-0.39, 0.29) is 24.4 Å². The summed E-state index contributed by atoms with van der Waals surface area (Å²) < 4.78 is 1.74. The molecule has 26 heavy (non-hydrogen) atoms. The highest BCUT2D eigenvalue weighted by Crippen LogP contribution is 2.18. The van der Waals surface area contributed by atoms with E-state index in [4.69, 9.17) is 0 Å². The molecule has 0 aliphatic rings. The molecule has 2 rings (SSSR count). The molecule has 2 amide bonds. The zero-order valence-electron chi connectivity index (χ0n) is 16.3. The van der Waals surface area contributed by atoms with Crippen LogP contribution in [0.3, 0.4) is 0 Å². The fourth-order valence-electron chi connectivity index (χ4n) is 2.66. The molecule has 1 heterocycles. The zero-order valence-corrected chi connectivity index (χ0v) is 16.3. The number of anilines is 2. The first-order valence-corrected chi connectivity index (χ1v) is 8.69. The Bertz CT molecular complexity index is 795. The summed E-state index contributed by atoms with van der Waals surface area (Å²) in [6.07, 6.45) is 0. The Morgan fingerprint density at radius 1 is 1.15 bits per heavy atom. The quantitative estimate of drug-likeness (QED) is 0.715. The molecular formula is C19H28N5O2+. The van der Waals surface area contributed by atoms with Crippen LogP contribution in [0.15, 0.2) is 24.3 Å². The number of carbonyl (C=O) groups is 2. The smallest absolute Gasteiger partial charge is 0.282 e. The van der Waals surface area contributed by atoms with Crippen molar-refractivity contribution in [3.63, 3.8) is 0 Å². The lowest BCUT2D eigenvalue weighted by Crippen LogP contribution is -3.14. The Labute approximate surface area is 154 Å². The third kappa shape index (κ3) is 4.70. The monoisotopic (exact) mass is 358 g/mol. The second-order valence-electron chi connectivity index (χ2n) is 6.82. The van der Waals surface area contributed by atoms with Crippen molar-refractivity contribution in [2.24, 2.45) is 7.05 Å². The highest BCUT2D eigenvalue weighted by Gasteiger charge is 2.25. The molecule has 2 aromatic rings. The van der Waals surface area contributed by atoms with Gasteiger partial charge in [-0.05, 0) is 39.8 Å². The number of rotatable bonds is 6. The van der Waals surface area contributed by atoms with E-state index in [9.17, 15) is 9.59 Å². The molecule has 0 radical (unpaired) electrons. The van der Waals surface area contributed by atoms with Crippen LogP contribution in [0.4, 0.5) is 11.4 Å². The number of aromatic nitrogens is 2. The predicted molar refractivity (Wildman–Crippen MR) is 102 cm³/mol. The number of quaternary nitrogens is 1. The Balaban J connectivity index is 1.93. The van der Waals surface area contributed by atoms with Crippen molar-refractivity contribution in [1.82, 2.24) is 9.78 Å². The van der Waals surface area contributed by atoms with E-state index in [2.05, 4.69) is 15.7 Å². The van der Waals surface area contributed by atoms with Gasteiger partial charge in [0.2, 0.25) is 0 Å². The number of hydrogen-bond donors (Lipinski definition) is 3. The van der Waals surface area contributed by atoms with Gasteiger partial charge in [-0.3, -0.25) is 14.3 Å². The topological polar surface area (TPSA) is 80.5 Å². The van der Waals surface area contributed by atoms with E-state index >= 15 is 0 Å². The van der Waals surface area contributed by atoms with Crippen LogP contribution in [0.1, 0.15) is 23.9 Å². The summed E-state index contributed by atoms with van der Waals surface area (Å²) in [5, 5.41) is 10.1. The van der Waals surface area contributed by atoms with Crippen LogP contribution in [0, 0.1) is 20.8 Å². The van der Waals surface area contributed by atoms with E-state index in [1.807, 2.05) is 66.1 Å². The standard InChI is InChI=1S/C19H27N5O2/c1-12-7-9-16(10-8-12)20-17(25)11-23(5)15(4)19(26)21-18-13(2)22-24(6)14(18)3/h7-10,15H,11H2,1-6H3,(H,20,25)(H,21,26)/p+1/t15-/m0/s1. The second-order valence-corrected chi connectivity index (χ2v) is 6.82. The summed E-state index contributed by atoms with van der Waals surface area (Å²) in [4.78, 5) is 25.6. The largest absolute Gasteiger partial charge is 0.321 e. The van der Waals surface area contributed by atoms with Crippen molar-refractivity contribution in [3.8, 4) is 0 Å². The van der Waals surface area contributed by atoms with Gasteiger partial charge >= 0.3 is 0 Å². The minimum absolute atomic E-state index is 0.125. The van der Waals surface area contributed by atoms with Crippen LogP contribution in [-0.4, -0.2) is 41.2 Å². The molecule has 140 valence electrons. The molecule has 1 unspecified atom stereocenters. The first-order valence-electron chi connectivity index (χ1n) is 8.69. The molecule has 0 aliphatic carbocycles. The number of likely N-dealkylation sites (N-methyl/N-ethyl adjacent to an activating group) is 1. The van der Waals surface area contributed by atoms with Crippen LogP contribution < -0.4 is 15.5 Å². The van der Waals surface area contributed by atoms with Crippen LogP contribution in [-0.2, 0) is 16.6 Å². The van der Waals surface area contributed by atoms with Gasteiger partial charge in [0, 0.05) is 12.7 Å². The van der Waals surface area contributed by atoms with Crippen LogP contribution in [0.25, 0.3) is 0 Å². The minimum atomic E-state index is -0.377. The number of nitrogens with one attached hydrogen (secondary N) is 3. The van der Waals surface area contributed by atoms with Crippen LogP contribution in [0.2, 0.25) is 0 Å². The molecule has 1 aromatic carbocycles. The molecule has 7 nitrogen and oxygen atoms in total. The molecule has 0 bridgehead atoms. The number of amides is 2. The molecule has 0 saturated carbocycles. The van der Waals surface area contributed by atoms with Crippen LogP contribution in [0.5, 0.6) is 0 Å². The summed E-state index contributed by atoms with van der Waals surface area (Å²) in [7, 11) is 3.68. The Hall–Kier alpha value is -2.67. The van der Waals surface area contributed by atoms with Gasteiger partial charge in [0.25, 0.3) is 11.8 Å².